The first kappa shape index (κ1) is 11.1. The molecule has 0 aliphatic heterocycles. The maximum absolute atomic E-state index is 11.6. The molecular formula is C11H11BrN2O2. The van der Waals surface area contributed by atoms with Crippen molar-refractivity contribution >= 4 is 27.5 Å². The van der Waals surface area contributed by atoms with Gasteiger partial charge in [-0.05, 0) is 41.9 Å². The number of halogens is 1. The van der Waals surface area contributed by atoms with Gasteiger partial charge >= 0.3 is 5.97 Å². The van der Waals surface area contributed by atoms with Crippen molar-refractivity contribution in [1.29, 1.82) is 0 Å². The van der Waals surface area contributed by atoms with Crippen LogP contribution in [-0.4, -0.2) is 22.0 Å². The highest BCUT2D eigenvalue weighted by atomic mass is 79.9. The lowest BCUT2D eigenvalue weighted by Gasteiger charge is -1.99. The van der Waals surface area contributed by atoms with Crippen LogP contribution in [0.3, 0.4) is 0 Å². The Morgan fingerprint density at radius 3 is 3.00 bits per heavy atom. The molecule has 0 amide bonds. The van der Waals surface area contributed by atoms with Crippen molar-refractivity contribution in [1.82, 2.24) is 9.38 Å². The fraction of sp³-hybridized carbons (Fsp3) is 0.273. The second kappa shape index (κ2) is 4.25. The summed E-state index contributed by atoms with van der Waals surface area (Å²) < 4.78 is 7.66. The molecule has 0 atom stereocenters. The van der Waals surface area contributed by atoms with Crippen molar-refractivity contribution in [3.63, 3.8) is 0 Å². The number of carbonyl (C=O) groups excluding carboxylic acids is 1. The summed E-state index contributed by atoms with van der Waals surface area (Å²) in [5, 5.41) is 0. The average Bonchev–Trinajstić information content (AvgIpc) is 2.59. The van der Waals surface area contributed by atoms with Crippen LogP contribution in [0.2, 0.25) is 0 Å². The van der Waals surface area contributed by atoms with E-state index in [1.807, 2.05) is 29.7 Å². The van der Waals surface area contributed by atoms with Gasteiger partial charge in [-0.1, -0.05) is 0 Å². The molecule has 0 aliphatic rings. The van der Waals surface area contributed by atoms with E-state index in [1.165, 1.54) is 0 Å². The van der Waals surface area contributed by atoms with E-state index in [0.717, 1.165) is 15.8 Å². The number of pyridine rings is 1. The van der Waals surface area contributed by atoms with Gasteiger partial charge in [0.2, 0.25) is 0 Å². The maximum Gasteiger partial charge on any atom is 0.358 e. The number of carbonyl (C=O) groups is 1. The maximum atomic E-state index is 11.6. The smallest absolute Gasteiger partial charge is 0.358 e. The second-order valence-electron chi connectivity index (χ2n) is 3.32. The van der Waals surface area contributed by atoms with Gasteiger partial charge in [0.1, 0.15) is 0 Å². The minimum Gasteiger partial charge on any atom is -0.461 e. The first-order valence-corrected chi connectivity index (χ1v) is 5.74. The Kier molecular flexibility index (Phi) is 2.96. The highest BCUT2D eigenvalue weighted by molar-refractivity contribution is 9.10. The lowest BCUT2D eigenvalue weighted by atomic mass is 10.3. The van der Waals surface area contributed by atoms with Crippen LogP contribution in [0.5, 0.6) is 0 Å². The Bertz CT molecular complexity index is 548. The minimum absolute atomic E-state index is 0.354. The van der Waals surface area contributed by atoms with Crippen LogP contribution in [-0.2, 0) is 4.74 Å². The van der Waals surface area contributed by atoms with Gasteiger partial charge in [0.15, 0.2) is 11.3 Å². The number of nitrogens with zero attached hydrogens (tertiary/aromatic N) is 2. The molecule has 0 N–H and O–H groups in total. The molecule has 2 aromatic heterocycles. The number of aryl methyl sites for hydroxylation is 1. The number of aromatic nitrogens is 2. The summed E-state index contributed by atoms with van der Waals surface area (Å²) in [7, 11) is 0. The quantitative estimate of drug-likeness (QED) is 0.796. The highest BCUT2D eigenvalue weighted by Crippen LogP contribution is 2.20. The van der Waals surface area contributed by atoms with Gasteiger partial charge in [-0.15, -0.1) is 0 Å². The Hall–Kier alpha value is -1.36. The predicted octanol–water partition coefficient (Wildman–Crippen LogP) is 2.58. The van der Waals surface area contributed by atoms with Crippen molar-refractivity contribution < 1.29 is 9.53 Å². The van der Waals surface area contributed by atoms with E-state index >= 15 is 0 Å². The molecule has 0 unspecified atom stereocenters. The molecule has 0 fully saturated rings. The van der Waals surface area contributed by atoms with E-state index in [9.17, 15) is 4.79 Å². The second-order valence-corrected chi connectivity index (χ2v) is 4.17. The first-order chi connectivity index (χ1) is 7.65. The van der Waals surface area contributed by atoms with Crippen molar-refractivity contribution in [2.24, 2.45) is 0 Å². The molecule has 0 radical (unpaired) electrons. The van der Waals surface area contributed by atoms with Crippen LogP contribution in [0, 0.1) is 6.92 Å². The molecular weight excluding hydrogens is 272 g/mol. The zero-order valence-corrected chi connectivity index (χ0v) is 10.6. The number of ether oxygens (including phenoxy) is 1. The van der Waals surface area contributed by atoms with Gasteiger partial charge in [0.25, 0.3) is 0 Å². The van der Waals surface area contributed by atoms with Crippen molar-refractivity contribution in [3.8, 4) is 0 Å². The van der Waals surface area contributed by atoms with Gasteiger partial charge < -0.3 is 9.14 Å². The Morgan fingerprint density at radius 1 is 1.62 bits per heavy atom. The van der Waals surface area contributed by atoms with Crippen LogP contribution < -0.4 is 0 Å². The molecule has 2 heterocycles. The van der Waals surface area contributed by atoms with E-state index in [-0.39, 0.29) is 5.97 Å². The lowest BCUT2D eigenvalue weighted by molar-refractivity contribution is 0.0519. The van der Waals surface area contributed by atoms with Crippen LogP contribution in [0.4, 0.5) is 0 Å². The SMILES string of the molecule is CCOC(=O)c1nc2c(Br)cccn2c1C. The molecule has 0 saturated heterocycles. The molecule has 4 nitrogen and oxygen atoms in total. The summed E-state index contributed by atoms with van der Waals surface area (Å²) in [6.45, 7) is 3.98. The zero-order chi connectivity index (χ0) is 11.7. The van der Waals surface area contributed by atoms with Crippen LogP contribution >= 0.6 is 15.9 Å². The summed E-state index contributed by atoms with van der Waals surface area (Å²) in [6.07, 6.45) is 1.87. The van der Waals surface area contributed by atoms with Crippen LogP contribution in [0.25, 0.3) is 5.65 Å². The third-order valence-electron chi connectivity index (χ3n) is 2.31. The van der Waals surface area contributed by atoms with Crippen molar-refractivity contribution in [2.45, 2.75) is 13.8 Å². The largest absolute Gasteiger partial charge is 0.461 e. The Balaban J connectivity index is 2.60. The molecule has 2 rings (SSSR count). The predicted molar refractivity (Wildman–Crippen MR) is 63.6 cm³/mol. The van der Waals surface area contributed by atoms with Gasteiger partial charge in [-0.2, -0.15) is 0 Å². The summed E-state index contributed by atoms with van der Waals surface area (Å²) in [5.74, 6) is -0.379. The highest BCUT2D eigenvalue weighted by Gasteiger charge is 2.17. The monoisotopic (exact) mass is 282 g/mol. The molecule has 0 aromatic carbocycles. The Morgan fingerprint density at radius 2 is 2.38 bits per heavy atom. The Labute approximate surface area is 101 Å². The summed E-state index contributed by atoms with van der Waals surface area (Å²) in [6, 6.07) is 3.78. The molecule has 0 aliphatic carbocycles. The van der Waals surface area contributed by atoms with Gasteiger partial charge in [0.05, 0.1) is 16.8 Å². The van der Waals surface area contributed by atoms with E-state index in [0.29, 0.717) is 12.3 Å². The fourth-order valence-electron chi connectivity index (χ4n) is 1.55. The molecule has 0 saturated carbocycles. The number of fused-ring (bicyclic) bond motifs is 1. The van der Waals surface area contributed by atoms with Gasteiger partial charge in [-0.25, -0.2) is 9.78 Å². The van der Waals surface area contributed by atoms with Crippen molar-refractivity contribution in [2.75, 3.05) is 6.61 Å². The standard InChI is InChI=1S/C11H11BrN2O2/c1-3-16-11(15)9-7(2)14-6-4-5-8(12)10(14)13-9/h4-6H,3H2,1-2H3. The molecule has 0 bridgehead atoms. The number of esters is 1. The third kappa shape index (κ3) is 1.71. The molecule has 0 spiro atoms. The van der Waals surface area contributed by atoms with Crippen LogP contribution in [0.1, 0.15) is 23.1 Å². The number of imidazole rings is 1. The van der Waals surface area contributed by atoms with E-state index in [2.05, 4.69) is 20.9 Å². The summed E-state index contributed by atoms with van der Waals surface area (Å²) >= 11 is 3.40. The first-order valence-electron chi connectivity index (χ1n) is 4.95. The van der Waals surface area contributed by atoms with Gasteiger partial charge in [0, 0.05) is 6.20 Å². The molecule has 5 heteroatoms. The minimum atomic E-state index is -0.379. The van der Waals surface area contributed by atoms with E-state index < -0.39 is 0 Å². The van der Waals surface area contributed by atoms with Gasteiger partial charge in [-0.3, -0.25) is 0 Å². The topological polar surface area (TPSA) is 43.6 Å². The lowest BCUT2D eigenvalue weighted by Crippen LogP contribution is -2.06. The van der Waals surface area contributed by atoms with Crippen molar-refractivity contribution in [3.05, 3.63) is 34.2 Å². The summed E-state index contributed by atoms with van der Waals surface area (Å²) in [4.78, 5) is 15.9. The number of hydrogen-bond acceptors (Lipinski definition) is 3. The molecule has 84 valence electrons. The van der Waals surface area contributed by atoms with E-state index in [1.54, 1.807) is 6.92 Å². The average molecular weight is 283 g/mol. The molecule has 16 heavy (non-hydrogen) atoms. The molecule has 2 aromatic rings. The third-order valence-corrected chi connectivity index (χ3v) is 2.93. The number of rotatable bonds is 2. The summed E-state index contributed by atoms with van der Waals surface area (Å²) in [5.41, 5.74) is 1.88. The normalized spacial score (nSPS) is 10.7. The number of hydrogen-bond donors (Lipinski definition) is 0. The van der Waals surface area contributed by atoms with Crippen LogP contribution in [0.15, 0.2) is 22.8 Å². The van der Waals surface area contributed by atoms with E-state index in [4.69, 9.17) is 4.74 Å². The zero-order valence-electron chi connectivity index (χ0n) is 9.03. The fourth-order valence-corrected chi connectivity index (χ4v) is 1.98.